The lowest BCUT2D eigenvalue weighted by Crippen LogP contribution is -2.72. The fraction of sp³-hybridized carbons (Fsp3) is 0.823. The van der Waals surface area contributed by atoms with Gasteiger partial charge in [-0.2, -0.15) is 0 Å². The monoisotopic (exact) mass is 1410 g/mol. The van der Waals surface area contributed by atoms with Gasteiger partial charge in [0.1, 0.15) is 146 Å². The summed E-state index contributed by atoms with van der Waals surface area (Å²) in [5.41, 5.74) is 0.0594. The normalized spacial score (nSPS) is 39.8. The summed E-state index contributed by atoms with van der Waals surface area (Å²) >= 11 is 0. The molecule has 5 amide bonds. The van der Waals surface area contributed by atoms with Gasteiger partial charge in [0.25, 0.3) is 5.91 Å². The zero-order valence-electron chi connectivity index (χ0n) is 55.4. The number of carbonyl (C=O) groups is 5. The summed E-state index contributed by atoms with van der Waals surface area (Å²) in [5.74, 6) is -3.68. The third-order valence-corrected chi connectivity index (χ3v) is 17.9. The minimum absolute atomic E-state index is 0.0594. The number of amides is 5. The minimum Gasteiger partial charge on any atom is -0.494 e. The number of rotatable bonds is 32. The summed E-state index contributed by atoms with van der Waals surface area (Å²) < 4.78 is 72.0. The Labute approximate surface area is 565 Å². The van der Waals surface area contributed by atoms with Crippen LogP contribution in [0.1, 0.15) is 110 Å². The van der Waals surface area contributed by atoms with E-state index in [4.69, 9.17) is 56.8 Å². The van der Waals surface area contributed by atoms with Crippen LogP contribution in [-0.2, 0) is 71.3 Å². The first-order valence-corrected chi connectivity index (χ1v) is 33.2. The van der Waals surface area contributed by atoms with E-state index in [1.165, 1.54) is 51.2 Å². The van der Waals surface area contributed by atoms with E-state index in [0.717, 1.165) is 53.4 Å². The topological polar surface area (TPSA) is 539 Å². The standard InChI is InChI=1S/C62H101N5O31/c1-7-8-9-10-11-12-13-14-15-19-87-32-18-16-17-31(20-32)56(85)67-39-45(78)44(77)33(21-68)91-58(39)95-52-34(22-69)92-59(40(47(52)80)64-28(4)73)96-53-35(23-70)93-60(41(48(53)81)65-29(5)74)97-54-36(24-71)94-61(42(49(54)82)66-30(6)75)98-55-37(90-57(86)38(46(55)79)63-27(3)72)25-88-62-51(84)50(83)43(76)26(2)89-62/h16-18,20,26,33-55,57-62,68-71,76-84,86H,7-15,19,21-25H2,1-6H3,(H,63,72)(H,64,73)(H,65,74)(H,66,75)(H,67,85)/t26?,33?,34-,35?,36-,37?,38-,39-,40?,41-,42?,43?,44+,45+,46+,47?,48?,49?,50-,51+,52+,53+,54+,55?,57+,58?,59?,60-,61?,62+/m0/s1. The molecule has 19 N–H and O–H groups in total. The van der Waals surface area contributed by atoms with E-state index < -0.39 is 246 Å². The second-order valence-electron chi connectivity index (χ2n) is 25.4. The molecule has 7 rings (SSSR count). The second-order valence-corrected chi connectivity index (χ2v) is 25.4. The molecule has 14 unspecified atom stereocenters. The summed E-state index contributed by atoms with van der Waals surface area (Å²) in [6, 6.07) is -2.45. The largest absolute Gasteiger partial charge is 0.494 e. The molecule has 30 atom stereocenters. The molecule has 6 saturated heterocycles. The van der Waals surface area contributed by atoms with Crippen molar-refractivity contribution >= 4 is 29.5 Å². The van der Waals surface area contributed by atoms with Crippen molar-refractivity contribution in [3.05, 3.63) is 29.8 Å². The molecule has 36 heteroatoms. The zero-order chi connectivity index (χ0) is 71.8. The molecule has 1 aromatic rings. The minimum atomic E-state index is -2.07. The van der Waals surface area contributed by atoms with Gasteiger partial charge in [-0.15, -0.1) is 0 Å². The third kappa shape index (κ3) is 20.6. The molecule has 1 aromatic carbocycles. The molecule has 6 fully saturated rings. The highest BCUT2D eigenvalue weighted by molar-refractivity contribution is 5.94. The van der Waals surface area contributed by atoms with Gasteiger partial charge in [0.15, 0.2) is 37.7 Å². The highest BCUT2D eigenvalue weighted by Gasteiger charge is 2.58. The number of benzene rings is 1. The van der Waals surface area contributed by atoms with Crippen molar-refractivity contribution in [1.82, 2.24) is 26.6 Å². The molecule has 560 valence electrons. The van der Waals surface area contributed by atoms with E-state index in [9.17, 15) is 95.5 Å². The summed E-state index contributed by atoms with van der Waals surface area (Å²) in [4.78, 5) is 65.0. The Balaban J connectivity index is 1.07. The fourth-order valence-corrected chi connectivity index (χ4v) is 12.7. The third-order valence-electron chi connectivity index (χ3n) is 17.9. The lowest BCUT2D eigenvalue weighted by molar-refractivity contribution is -0.368. The van der Waals surface area contributed by atoms with Crippen molar-refractivity contribution in [2.45, 2.75) is 283 Å². The van der Waals surface area contributed by atoms with Gasteiger partial charge in [-0.05, 0) is 31.5 Å². The Bertz CT molecular complexity index is 2660. The van der Waals surface area contributed by atoms with Crippen molar-refractivity contribution in [2.24, 2.45) is 0 Å². The Morgan fingerprint density at radius 3 is 1.26 bits per heavy atom. The molecule has 6 aliphatic heterocycles. The first kappa shape index (κ1) is 80.7. The van der Waals surface area contributed by atoms with Crippen LogP contribution < -0.4 is 31.3 Å². The Kier molecular flexibility index (Phi) is 31.3. The first-order valence-electron chi connectivity index (χ1n) is 33.2. The summed E-state index contributed by atoms with van der Waals surface area (Å²) in [6.07, 6.45) is -34.9. The number of unbranched alkanes of at least 4 members (excludes halogenated alkanes) is 8. The molecule has 6 heterocycles. The molecule has 0 aliphatic carbocycles. The van der Waals surface area contributed by atoms with Gasteiger partial charge < -0.3 is 155 Å². The first-order chi connectivity index (χ1) is 46.7. The number of ether oxygens (including phenoxy) is 12. The number of aliphatic hydroxyl groups excluding tert-OH is 14. The van der Waals surface area contributed by atoms with Gasteiger partial charge >= 0.3 is 0 Å². The average Bonchev–Trinajstić information content (AvgIpc) is 0.772. The maximum Gasteiger partial charge on any atom is 0.251 e. The molecular weight excluding hydrogens is 1310 g/mol. The highest BCUT2D eigenvalue weighted by Crippen LogP contribution is 2.37. The quantitative estimate of drug-likeness (QED) is 0.0298. The van der Waals surface area contributed by atoms with Crippen LogP contribution in [0.15, 0.2) is 24.3 Å². The molecule has 0 saturated carbocycles. The Morgan fingerprint density at radius 2 is 0.816 bits per heavy atom. The van der Waals surface area contributed by atoms with Gasteiger partial charge in [-0.25, -0.2) is 0 Å². The SMILES string of the molecule is CCCCCCCCCCCOc1cccc(C(=O)N[C@@H]2C(O[C@H]3C(O)C(NC(C)=O)C(O[C@@H]4C(CO)O[C@@H](O[C@H]5C(O)C(NC(C)=O)C(OC6C(CO[C@@H]7OC(C)C(O)[C@H](O)[C@H]7O)O[C@@H](O)[C@@H](NC(C)=O)[C@H]6O)O[C@H]5CO)[C@@H](NC(C)=O)C4O)O[C@H]3CO)OC(CO)[C@@H](O)[C@@H]2O)c1. The highest BCUT2D eigenvalue weighted by atomic mass is 16.8. The molecule has 0 bridgehead atoms. The van der Waals surface area contributed by atoms with Gasteiger partial charge in [0, 0.05) is 33.3 Å². The van der Waals surface area contributed by atoms with Crippen LogP contribution in [0, 0.1) is 0 Å². The zero-order valence-corrected chi connectivity index (χ0v) is 55.4. The molecule has 0 spiro atoms. The van der Waals surface area contributed by atoms with Crippen LogP contribution >= 0.6 is 0 Å². The Morgan fingerprint density at radius 1 is 0.418 bits per heavy atom. The van der Waals surface area contributed by atoms with Gasteiger partial charge in [-0.3, -0.25) is 24.0 Å². The molecular formula is C62H101N5O31. The molecule has 6 aliphatic rings. The van der Waals surface area contributed by atoms with E-state index in [1.807, 2.05) is 0 Å². The number of aliphatic hydroxyl groups is 14. The smallest absolute Gasteiger partial charge is 0.251 e. The van der Waals surface area contributed by atoms with Crippen LogP contribution in [0.2, 0.25) is 0 Å². The fourth-order valence-electron chi connectivity index (χ4n) is 12.7. The molecule has 0 aromatic heterocycles. The van der Waals surface area contributed by atoms with Crippen LogP contribution in [0.5, 0.6) is 5.75 Å². The maximum atomic E-state index is 14.0. The van der Waals surface area contributed by atoms with Crippen molar-refractivity contribution in [3.8, 4) is 5.75 Å². The number of hydrogen-bond donors (Lipinski definition) is 19. The maximum absolute atomic E-state index is 14.0. The summed E-state index contributed by atoms with van der Waals surface area (Å²) in [5, 5.41) is 168. The van der Waals surface area contributed by atoms with E-state index in [1.54, 1.807) is 12.1 Å². The van der Waals surface area contributed by atoms with Crippen LogP contribution in [0.25, 0.3) is 0 Å². The van der Waals surface area contributed by atoms with E-state index >= 15 is 0 Å². The summed E-state index contributed by atoms with van der Waals surface area (Å²) in [7, 11) is 0. The van der Waals surface area contributed by atoms with Crippen LogP contribution in [0.3, 0.4) is 0 Å². The van der Waals surface area contributed by atoms with E-state index in [2.05, 4.69) is 33.5 Å². The second kappa shape index (κ2) is 38.0. The van der Waals surface area contributed by atoms with E-state index in [-0.39, 0.29) is 5.56 Å². The van der Waals surface area contributed by atoms with Gasteiger partial charge in [0.2, 0.25) is 23.6 Å². The van der Waals surface area contributed by atoms with Crippen molar-refractivity contribution < 1.29 is 152 Å². The van der Waals surface area contributed by atoms with Crippen molar-refractivity contribution in [2.75, 3.05) is 39.6 Å². The Hall–Kier alpha value is -4.63. The van der Waals surface area contributed by atoms with Gasteiger partial charge in [-0.1, -0.05) is 64.4 Å². The van der Waals surface area contributed by atoms with Crippen LogP contribution in [-0.4, -0.2) is 325 Å². The van der Waals surface area contributed by atoms with Crippen molar-refractivity contribution in [1.29, 1.82) is 0 Å². The van der Waals surface area contributed by atoms with Gasteiger partial charge in [0.05, 0.1) is 45.7 Å². The average molecular weight is 1410 g/mol. The van der Waals surface area contributed by atoms with Crippen molar-refractivity contribution in [3.63, 3.8) is 0 Å². The summed E-state index contributed by atoms with van der Waals surface area (Å²) in [6.45, 7) is 3.38. The number of carbonyl (C=O) groups excluding carboxylic acids is 5. The predicted octanol–water partition coefficient (Wildman–Crippen LogP) is -7.15. The predicted molar refractivity (Wildman–Crippen MR) is 329 cm³/mol. The number of hydrogen-bond acceptors (Lipinski definition) is 31. The van der Waals surface area contributed by atoms with Crippen LogP contribution in [0.4, 0.5) is 0 Å². The molecule has 0 radical (unpaired) electrons. The number of nitrogens with one attached hydrogen (secondary N) is 5. The van der Waals surface area contributed by atoms with E-state index in [0.29, 0.717) is 12.4 Å². The lowest BCUT2D eigenvalue weighted by Gasteiger charge is -2.51. The molecule has 98 heavy (non-hydrogen) atoms. The lowest BCUT2D eigenvalue weighted by atomic mass is 9.93. The molecule has 36 nitrogen and oxygen atoms in total.